The Morgan fingerprint density at radius 1 is 1.06 bits per heavy atom. The summed E-state index contributed by atoms with van der Waals surface area (Å²) in [6.45, 7) is 1.24. The number of anilines is 1. The standard InChI is InChI=1S/C25H22N8O/c34-25(28-18-32-13-5-2-6-14-32)20-11-9-19(10-12-20)15-29-31-23-22-16-30-33(24(22)27-17-26-23)21-7-3-1-4-8-21/h1-13,15-17H,14,18H2,(H,28,34)(H,26,27,31)/b29-15+. The van der Waals surface area contributed by atoms with E-state index in [1.165, 1.54) is 6.33 Å². The SMILES string of the molecule is O=C(NCN1C=CC=CC1)c1ccc(/C=N/Nc2ncnc3c2cnn3-c2ccccc2)cc1. The summed E-state index contributed by atoms with van der Waals surface area (Å²) in [4.78, 5) is 23.0. The highest BCUT2D eigenvalue weighted by Crippen LogP contribution is 2.21. The number of rotatable bonds is 7. The second-order valence-electron chi connectivity index (χ2n) is 7.55. The van der Waals surface area contributed by atoms with Crippen LogP contribution in [-0.4, -0.2) is 50.0 Å². The number of allylic oxidation sites excluding steroid dienone is 2. The molecule has 3 heterocycles. The molecule has 9 heteroatoms. The van der Waals surface area contributed by atoms with Crippen LogP contribution in [0.4, 0.5) is 5.82 Å². The van der Waals surface area contributed by atoms with E-state index < -0.39 is 0 Å². The van der Waals surface area contributed by atoms with Gasteiger partial charge in [0.25, 0.3) is 5.91 Å². The molecule has 2 aromatic carbocycles. The molecular weight excluding hydrogens is 428 g/mol. The minimum atomic E-state index is -0.122. The van der Waals surface area contributed by atoms with Crippen LogP contribution in [0.3, 0.4) is 0 Å². The number of aromatic nitrogens is 4. The van der Waals surface area contributed by atoms with Gasteiger partial charge in [-0.05, 0) is 35.9 Å². The smallest absolute Gasteiger partial charge is 0.252 e. The summed E-state index contributed by atoms with van der Waals surface area (Å²) in [5.41, 5.74) is 6.00. The van der Waals surface area contributed by atoms with E-state index in [-0.39, 0.29) is 5.91 Å². The lowest BCUT2D eigenvalue weighted by atomic mass is 10.1. The predicted octanol–water partition coefficient (Wildman–Crippen LogP) is 3.33. The first-order chi connectivity index (χ1) is 16.8. The van der Waals surface area contributed by atoms with Gasteiger partial charge in [0.15, 0.2) is 11.5 Å². The average Bonchev–Trinajstić information content (AvgIpc) is 3.34. The van der Waals surface area contributed by atoms with E-state index in [4.69, 9.17) is 0 Å². The van der Waals surface area contributed by atoms with Crippen molar-refractivity contribution in [2.45, 2.75) is 0 Å². The van der Waals surface area contributed by atoms with Crippen LogP contribution in [0.5, 0.6) is 0 Å². The Labute approximate surface area is 196 Å². The highest BCUT2D eigenvalue weighted by molar-refractivity contribution is 5.95. The maximum absolute atomic E-state index is 12.4. The van der Waals surface area contributed by atoms with Crippen LogP contribution in [0.1, 0.15) is 15.9 Å². The molecule has 0 spiro atoms. The van der Waals surface area contributed by atoms with Crippen LogP contribution in [0, 0.1) is 0 Å². The molecule has 2 aromatic heterocycles. The van der Waals surface area contributed by atoms with Gasteiger partial charge >= 0.3 is 0 Å². The van der Waals surface area contributed by atoms with Crippen molar-refractivity contribution in [3.63, 3.8) is 0 Å². The molecular formula is C25H22N8O. The third-order valence-electron chi connectivity index (χ3n) is 5.25. The fraction of sp³-hybridized carbons (Fsp3) is 0.0800. The summed E-state index contributed by atoms with van der Waals surface area (Å²) >= 11 is 0. The zero-order valence-electron chi connectivity index (χ0n) is 18.2. The number of carbonyl (C=O) groups is 1. The molecule has 34 heavy (non-hydrogen) atoms. The molecule has 0 saturated carbocycles. The number of nitrogens with zero attached hydrogens (tertiary/aromatic N) is 6. The molecule has 0 atom stereocenters. The van der Waals surface area contributed by atoms with Crippen molar-refractivity contribution in [1.29, 1.82) is 0 Å². The summed E-state index contributed by atoms with van der Waals surface area (Å²) in [5.74, 6) is 0.435. The molecule has 1 amide bonds. The molecule has 0 aliphatic carbocycles. The Morgan fingerprint density at radius 3 is 2.71 bits per heavy atom. The molecule has 9 nitrogen and oxygen atoms in total. The molecule has 168 valence electrons. The fourth-order valence-electron chi connectivity index (χ4n) is 3.48. The maximum atomic E-state index is 12.4. The zero-order valence-corrected chi connectivity index (χ0v) is 18.2. The van der Waals surface area contributed by atoms with E-state index in [1.807, 2.05) is 71.8 Å². The summed E-state index contributed by atoms with van der Waals surface area (Å²) in [5, 5.41) is 12.4. The van der Waals surface area contributed by atoms with Gasteiger partial charge in [0.05, 0.1) is 30.2 Å². The van der Waals surface area contributed by atoms with Gasteiger partial charge in [-0.25, -0.2) is 14.6 Å². The largest absolute Gasteiger partial charge is 0.356 e. The van der Waals surface area contributed by atoms with E-state index in [0.717, 1.165) is 23.2 Å². The van der Waals surface area contributed by atoms with Gasteiger partial charge in [-0.1, -0.05) is 42.5 Å². The van der Waals surface area contributed by atoms with Gasteiger partial charge in [-0.15, -0.1) is 0 Å². The summed E-state index contributed by atoms with van der Waals surface area (Å²) in [6, 6.07) is 17.0. The molecule has 2 N–H and O–H groups in total. The van der Waals surface area contributed by atoms with Crippen LogP contribution in [0.2, 0.25) is 0 Å². The van der Waals surface area contributed by atoms with Crippen molar-refractivity contribution in [2.75, 3.05) is 18.6 Å². The molecule has 0 saturated heterocycles. The van der Waals surface area contributed by atoms with Gasteiger partial charge in [-0.3, -0.25) is 10.2 Å². The van der Waals surface area contributed by atoms with Crippen molar-refractivity contribution in [3.8, 4) is 5.69 Å². The van der Waals surface area contributed by atoms with Gasteiger partial charge in [-0.2, -0.15) is 10.2 Å². The summed E-state index contributed by atoms with van der Waals surface area (Å²) < 4.78 is 1.76. The second-order valence-corrected chi connectivity index (χ2v) is 7.55. The van der Waals surface area contributed by atoms with E-state index >= 15 is 0 Å². The Balaban J connectivity index is 1.22. The topological polar surface area (TPSA) is 100 Å². The number of benzene rings is 2. The number of carbonyl (C=O) groups excluding carboxylic acids is 1. The highest BCUT2D eigenvalue weighted by atomic mass is 16.1. The van der Waals surface area contributed by atoms with E-state index in [9.17, 15) is 4.79 Å². The van der Waals surface area contributed by atoms with Crippen LogP contribution >= 0.6 is 0 Å². The molecule has 0 radical (unpaired) electrons. The van der Waals surface area contributed by atoms with Crippen molar-refractivity contribution in [1.82, 2.24) is 30.0 Å². The molecule has 5 rings (SSSR count). The maximum Gasteiger partial charge on any atom is 0.252 e. The number of hydrogen-bond donors (Lipinski definition) is 2. The third-order valence-corrected chi connectivity index (χ3v) is 5.25. The molecule has 1 aliphatic heterocycles. The van der Waals surface area contributed by atoms with Gasteiger partial charge in [0.1, 0.15) is 6.33 Å². The lowest BCUT2D eigenvalue weighted by Crippen LogP contribution is -2.35. The molecule has 0 fully saturated rings. The summed E-state index contributed by atoms with van der Waals surface area (Å²) in [6.07, 6.45) is 12.8. The van der Waals surface area contributed by atoms with Crippen molar-refractivity contribution in [2.24, 2.45) is 5.10 Å². The van der Waals surface area contributed by atoms with Gasteiger partial charge < -0.3 is 10.2 Å². The second kappa shape index (κ2) is 9.78. The lowest BCUT2D eigenvalue weighted by molar-refractivity contribution is 0.0936. The van der Waals surface area contributed by atoms with Crippen molar-refractivity contribution < 1.29 is 4.79 Å². The molecule has 4 aromatic rings. The van der Waals surface area contributed by atoms with Crippen LogP contribution in [-0.2, 0) is 0 Å². The minimum Gasteiger partial charge on any atom is -0.356 e. The average molecular weight is 451 g/mol. The third kappa shape index (κ3) is 4.68. The first-order valence-corrected chi connectivity index (χ1v) is 10.8. The zero-order chi connectivity index (χ0) is 23.2. The molecule has 0 bridgehead atoms. The lowest BCUT2D eigenvalue weighted by Gasteiger charge is -2.20. The quantitative estimate of drug-likeness (QED) is 0.331. The Bertz CT molecular complexity index is 1370. The number of hydrogen-bond acceptors (Lipinski definition) is 7. The first kappa shape index (κ1) is 21.1. The molecule has 1 aliphatic rings. The Kier molecular flexibility index (Phi) is 6.06. The fourth-order valence-corrected chi connectivity index (χ4v) is 3.48. The monoisotopic (exact) mass is 450 g/mol. The number of para-hydroxylation sites is 1. The number of amides is 1. The first-order valence-electron chi connectivity index (χ1n) is 10.8. The number of hydrazone groups is 1. The Morgan fingerprint density at radius 2 is 1.91 bits per heavy atom. The Hall–Kier alpha value is -4.79. The van der Waals surface area contributed by atoms with Crippen LogP contribution in [0.15, 0.2) is 96.7 Å². The van der Waals surface area contributed by atoms with Crippen molar-refractivity contribution in [3.05, 3.63) is 103 Å². The van der Waals surface area contributed by atoms with Crippen LogP contribution in [0.25, 0.3) is 16.7 Å². The van der Waals surface area contributed by atoms with Gasteiger partial charge in [0, 0.05) is 18.3 Å². The highest BCUT2D eigenvalue weighted by Gasteiger charge is 2.10. The predicted molar refractivity (Wildman–Crippen MR) is 132 cm³/mol. The number of fused-ring (bicyclic) bond motifs is 1. The molecule has 0 unspecified atom stereocenters. The van der Waals surface area contributed by atoms with Crippen LogP contribution < -0.4 is 10.7 Å². The summed E-state index contributed by atoms with van der Waals surface area (Å²) in [7, 11) is 0. The van der Waals surface area contributed by atoms with E-state index in [1.54, 1.807) is 29.2 Å². The normalized spacial score (nSPS) is 13.0. The minimum absolute atomic E-state index is 0.122. The number of nitrogens with one attached hydrogen (secondary N) is 2. The van der Waals surface area contributed by atoms with Gasteiger partial charge in [0.2, 0.25) is 0 Å². The van der Waals surface area contributed by atoms with Crippen molar-refractivity contribution >= 4 is 29.0 Å². The van der Waals surface area contributed by atoms with E-state index in [0.29, 0.717) is 23.7 Å². The van der Waals surface area contributed by atoms with E-state index in [2.05, 4.69) is 30.9 Å².